The van der Waals surface area contributed by atoms with Gasteiger partial charge < -0.3 is 20.3 Å². The predicted octanol–water partition coefficient (Wildman–Crippen LogP) is 1.81. The van der Waals surface area contributed by atoms with Crippen LogP contribution >= 0.6 is 0 Å². The summed E-state index contributed by atoms with van der Waals surface area (Å²) in [6.45, 7) is 6.44. The van der Waals surface area contributed by atoms with E-state index in [0.717, 1.165) is 31.6 Å². The van der Waals surface area contributed by atoms with Crippen LogP contribution in [-0.4, -0.2) is 72.1 Å². The van der Waals surface area contributed by atoms with Crippen molar-refractivity contribution >= 4 is 23.3 Å². The van der Waals surface area contributed by atoms with Crippen molar-refractivity contribution in [3.63, 3.8) is 0 Å². The minimum absolute atomic E-state index is 0.0285. The molecule has 33 heavy (non-hydrogen) atoms. The SMILES string of the molecule is CCCC(=O)Nc1cc(CN2CCN(c3ccc(C(=O)NC4COC4)nc3F)CC2)ccn1. The number of nitrogens with one attached hydrogen (secondary N) is 2. The summed E-state index contributed by atoms with van der Waals surface area (Å²) in [5.74, 6) is -0.498. The topological polar surface area (TPSA) is 99.7 Å². The number of pyridine rings is 2. The van der Waals surface area contributed by atoms with Crippen molar-refractivity contribution in [2.24, 2.45) is 0 Å². The van der Waals surface area contributed by atoms with Gasteiger partial charge in [0.05, 0.1) is 24.9 Å². The highest BCUT2D eigenvalue weighted by Gasteiger charge is 2.24. The van der Waals surface area contributed by atoms with Gasteiger partial charge in [0, 0.05) is 45.3 Å². The summed E-state index contributed by atoms with van der Waals surface area (Å²) in [4.78, 5) is 36.3. The van der Waals surface area contributed by atoms with Crippen molar-refractivity contribution < 1.29 is 18.7 Å². The second kappa shape index (κ2) is 10.7. The maximum atomic E-state index is 14.7. The Hall–Kier alpha value is -3.11. The van der Waals surface area contributed by atoms with E-state index in [0.29, 0.717) is 44.2 Å². The number of aromatic nitrogens is 2. The lowest BCUT2D eigenvalue weighted by atomic mass is 10.2. The molecule has 176 valence electrons. The molecule has 0 spiro atoms. The standard InChI is InChI=1S/C23H29FN6O3/c1-2-3-21(31)28-20-12-16(6-7-25-20)13-29-8-10-30(11-9-29)19-5-4-18(27-22(19)24)23(32)26-17-14-33-15-17/h4-7,12,17H,2-3,8-11,13-15H2,1H3,(H,26,32)(H,25,28,31). The van der Waals surface area contributed by atoms with Gasteiger partial charge >= 0.3 is 0 Å². The molecular weight excluding hydrogens is 427 g/mol. The van der Waals surface area contributed by atoms with Gasteiger partial charge in [-0.05, 0) is 36.2 Å². The van der Waals surface area contributed by atoms with Crippen LogP contribution in [0.1, 0.15) is 35.8 Å². The van der Waals surface area contributed by atoms with E-state index < -0.39 is 5.95 Å². The Labute approximate surface area is 192 Å². The molecule has 0 bridgehead atoms. The monoisotopic (exact) mass is 456 g/mol. The van der Waals surface area contributed by atoms with Gasteiger partial charge in [0.1, 0.15) is 11.5 Å². The lowest BCUT2D eigenvalue weighted by molar-refractivity contribution is -0.116. The molecule has 2 fully saturated rings. The number of carbonyl (C=O) groups is 2. The average molecular weight is 457 g/mol. The first-order chi connectivity index (χ1) is 16.0. The minimum Gasteiger partial charge on any atom is -0.377 e. The lowest BCUT2D eigenvalue weighted by Crippen LogP contribution is -2.48. The second-order valence-electron chi connectivity index (χ2n) is 8.32. The smallest absolute Gasteiger partial charge is 0.270 e. The zero-order valence-electron chi connectivity index (χ0n) is 18.7. The van der Waals surface area contributed by atoms with Gasteiger partial charge in [-0.25, -0.2) is 9.97 Å². The van der Waals surface area contributed by atoms with E-state index in [4.69, 9.17) is 4.74 Å². The molecule has 0 radical (unpaired) electrons. The Bertz CT molecular complexity index is 992. The maximum Gasteiger partial charge on any atom is 0.270 e. The van der Waals surface area contributed by atoms with Crippen molar-refractivity contribution in [3.05, 3.63) is 47.7 Å². The molecule has 2 aliphatic rings. The Morgan fingerprint density at radius 2 is 1.97 bits per heavy atom. The van der Waals surface area contributed by atoms with E-state index in [1.165, 1.54) is 0 Å². The summed E-state index contributed by atoms with van der Waals surface area (Å²) in [6, 6.07) is 6.98. The van der Waals surface area contributed by atoms with Crippen LogP contribution in [0.5, 0.6) is 0 Å². The summed E-state index contributed by atoms with van der Waals surface area (Å²) in [7, 11) is 0. The van der Waals surface area contributed by atoms with Crippen molar-refractivity contribution in [2.75, 3.05) is 49.6 Å². The fourth-order valence-corrected chi connectivity index (χ4v) is 3.85. The molecule has 10 heteroatoms. The number of hydrogen-bond donors (Lipinski definition) is 2. The minimum atomic E-state index is -0.637. The Morgan fingerprint density at radius 3 is 2.64 bits per heavy atom. The van der Waals surface area contributed by atoms with Crippen molar-refractivity contribution in [1.29, 1.82) is 0 Å². The molecule has 2 aromatic heterocycles. The number of hydrogen-bond acceptors (Lipinski definition) is 7. The maximum absolute atomic E-state index is 14.7. The lowest BCUT2D eigenvalue weighted by Gasteiger charge is -2.36. The van der Waals surface area contributed by atoms with Gasteiger partial charge in [0.25, 0.3) is 5.91 Å². The molecule has 0 atom stereocenters. The fraction of sp³-hybridized carbons (Fsp3) is 0.478. The van der Waals surface area contributed by atoms with Crippen molar-refractivity contribution in [1.82, 2.24) is 20.2 Å². The fourth-order valence-electron chi connectivity index (χ4n) is 3.85. The molecular formula is C23H29FN6O3. The highest BCUT2D eigenvalue weighted by atomic mass is 19.1. The molecule has 2 aliphatic heterocycles. The van der Waals surface area contributed by atoms with E-state index in [1.54, 1.807) is 18.3 Å². The Kier molecular flexibility index (Phi) is 7.46. The van der Waals surface area contributed by atoms with Gasteiger partial charge in [0.2, 0.25) is 11.9 Å². The first kappa shape index (κ1) is 23.1. The summed E-state index contributed by atoms with van der Waals surface area (Å²) < 4.78 is 19.7. The molecule has 2 N–H and O–H groups in total. The van der Waals surface area contributed by atoms with Crippen LogP contribution in [0.3, 0.4) is 0 Å². The molecule has 2 amide bonds. The quantitative estimate of drug-likeness (QED) is 0.585. The molecule has 0 unspecified atom stereocenters. The first-order valence-electron chi connectivity index (χ1n) is 11.3. The number of piperazine rings is 1. The van der Waals surface area contributed by atoms with Gasteiger partial charge in [0.15, 0.2) is 0 Å². The molecule has 4 heterocycles. The summed E-state index contributed by atoms with van der Waals surface area (Å²) in [6.07, 6.45) is 2.96. The average Bonchev–Trinajstić information content (AvgIpc) is 2.77. The van der Waals surface area contributed by atoms with Crippen molar-refractivity contribution in [2.45, 2.75) is 32.4 Å². The van der Waals surface area contributed by atoms with Gasteiger partial charge in [-0.2, -0.15) is 4.39 Å². The first-order valence-corrected chi connectivity index (χ1v) is 11.3. The Morgan fingerprint density at radius 1 is 1.18 bits per heavy atom. The van der Waals surface area contributed by atoms with E-state index >= 15 is 0 Å². The third-order valence-electron chi connectivity index (χ3n) is 5.72. The highest BCUT2D eigenvalue weighted by molar-refractivity contribution is 5.92. The number of anilines is 2. The van der Waals surface area contributed by atoms with Crippen LogP contribution in [0.25, 0.3) is 0 Å². The summed E-state index contributed by atoms with van der Waals surface area (Å²) in [5, 5.41) is 5.59. The van der Waals surface area contributed by atoms with E-state index in [2.05, 4.69) is 25.5 Å². The number of amides is 2. The molecule has 0 saturated carbocycles. The van der Waals surface area contributed by atoms with Gasteiger partial charge in [-0.3, -0.25) is 14.5 Å². The van der Waals surface area contributed by atoms with Crippen LogP contribution in [-0.2, 0) is 16.1 Å². The Balaban J connectivity index is 1.30. The number of rotatable bonds is 8. The molecule has 2 saturated heterocycles. The third-order valence-corrected chi connectivity index (χ3v) is 5.72. The van der Waals surface area contributed by atoms with Crippen LogP contribution in [0.15, 0.2) is 30.5 Å². The van der Waals surface area contributed by atoms with Gasteiger partial charge in [-0.1, -0.05) is 6.92 Å². The predicted molar refractivity (Wildman–Crippen MR) is 122 cm³/mol. The second-order valence-corrected chi connectivity index (χ2v) is 8.32. The number of carbonyl (C=O) groups excluding carboxylic acids is 2. The largest absolute Gasteiger partial charge is 0.377 e. The highest BCUT2D eigenvalue weighted by Crippen LogP contribution is 2.21. The van der Waals surface area contributed by atoms with Crippen LogP contribution in [0, 0.1) is 5.95 Å². The number of ether oxygens (including phenoxy) is 1. The van der Waals surface area contributed by atoms with Crippen molar-refractivity contribution in [3.8, 4) is 0 Å². The molecule has 0 aliphatic carbocycles. The normalized spacial score (nSPS) is 16.8. The zero-order chi connectivity index (χ0) is 23.2. The van der Waals surface area contributed by atoms with Crippen LogP contribution in [0.2, 0.25) is 0 Å². The van der Waals surface area contributed by atoms with Gasteiger partial charge in [-0.15, -0.1) is 0 Å². The molecule has 0 aromatic carbocycles. The zero-order valence-corrected chi connectivity index (χ0v) is 18.7. The van der Waals surface area contributed by atoms with Crippen LogP contribution < -0.4 is 15.5 Å². The molecule has 9 nitrogen and oxygen atoms in total. The summed E-state index contributed by atoms with van der Waals surface area (Å²) >= 11 is 0. The summed E-state index contributed by atoms with van der Waals surface area (Å²) in [5.41, 5.74) is 1.54. The molecule has 2 aromatic rings. The van der Waals surface area contributed by atoms with E-state index in [1.807, 2.05) is 24.0 Å². The van der Waals surface area contributed by atoms with E-state index in [9.17, 15) is 14.0 Å². The van der Waals surface area contributed by atoms with E-state index in [-0.39, 0.29) is 23.6 Å². The van der Waals surface area contributed by atoms with Crippen LogP contribution in [0.4, 0.5) is 15.9 Å². The molecule has 4 rings (SSSR count). The number of halogens is 1. The third kappa shape index (κ3) is 6.02. The number of nitrogens with zero attached hydrogens (tertiary/aromatic N) is 4.